The third-order valence-corrected chi connectivity index (χ3v) is 6.07. The number of amides is 1. The maximum absolute atomic E-state index is 13.1. The van der Waals surface area contributed by atoms with Crippen LogP contribution >= 0.6 is 40.7 Å². The normalized spacial score (nSPS) is 18.5. The van der Waals surface area contributed by atoms with Crippen LogP contribution in [0.4, 0.5) is 0 Å². The molecule has 0 aliphatic carbocycles. The fourth-order valence-corrected chi connectivity index (χ4v) is 4.45. The van der Waals surface area contributed by atoms with Crippen molar-refractivity contribution in [2.24, 2.45) is 5.41 Å². The summed E-state index contributed by atoms with van der Waals surface area (Å²) in [5.74, 6) is 0.143. The molecule has 3 heterocycles. The van der Waals surface area contributed by atoms with E-state index in [4.69, 9.17) is 0 Å². The van der Waals surface area contributed by atoms with Crippen molar-refractivity contribution in [3.05, 3.63) is 40.0 Å². The maximum Gasteiger partial charge on any atom is 0.254 e. The van der Waals surface area contributed by atoms with E-state index in [0.29, 0.717) is 5.41 Å². The third-order valence-electron chi connectivity index (χ3n) is 5.57. The molecule has 0 bridgehead atoms. The van der Waals surface area contributed by atoms with Gasteiger partial charge in [-0.1, -0.05) is 15.9 Å². The number of nitrogens with zero attached hydrogens (tertiary/aromatic N) is 2. The average Bonchev–Trinajstić information content (AvgIpc) is 3.03. The minimum absolute atomic E-state index is 0. The Morgan fingerprint density at radius 1 is 1.19 bits per heavy atom. The number of piperidine rings is 1. The number of hydrogen-bond acceptors (Lipinski definition) is 3. The third kappa shape index (κ3) is 4.01. The Morgan fingerprint density at radius 2 is 1.92 bits per heavy atom. The van der Waals surface area contributed by atoms with Crippen LogP contribution in [0.2, 0.25) is 0 Å². The predicted octanol–water partition coefficient (Wildman–Crippen LogP) is 4.37. The quantitative estimate of drug-likeness (QED) is 0.687. The summed E-state index contributed by atoms with van der Waals surface area (Å²) in [7, 11) is 0. The summed E-state index contributed by atoms with van der Waals surface area (Å²) < 4.78 is 0.976. The molecular weight excluding hydrogens is 437 g/mol. The second kappa shape index (κ2) is 8.42. The van der Waals surface area contributed by atoms with Crippen LogP contribution < -0.4 is 5.32 Å². The van der Waals surface area contributed by atoms with Gasteiger partial charge in [-0.3, -0.25) is 9.78 Å². The predicted molar refractivity (Wildman–Crippen MR) is 114 cm³/mol. The summed E-state index contributed by atoms with van der Waals surface area (Å²) in [5.41, 5.74) is 2.98. The summed E-state index contributed by atoms with van der Waals surface area (Å²) in [6, 6.07) is 7.87. The Morgan fingerprint density at radius 3 is 2.58 bits per heavy atom. The van der Waals surface area contributed by atoms with Crippen LogP contribution in [-0.2, 0) is 0 Å². The van der Waals surface area contributed by atoms with Gasteiger partial charge in [-0.05, 0) is 62.4 Å². The smallest absolute Gasteiger partial charge is 0.254 e. The molecule has 2 aliphatic heterocycles. The highest BCUT2D eigenvalue weighted by Gasteiger charge is 2.38. The summed E-state index contributed by atoms with van der Waals surface area (Å²) in [6.45, 7) is 5.90. The number of hydrogen-bond donors (Lipinski definition) is 1. The van der Waals surface area contributed by atoms with Crippen LogP contribution in [0.15, 0.2) is 28.7 Å². The second-order valence-corrected chi connectivity index (χ2v) is 8.11. The van der Waals surface area contributed by atoms with Crippen molar-refractivity contribution in [2.75, 3.05) is 26.2 Å². The minimum Gasteiger partial charge on any atom is -0.339 e. The van der Waals surface area contributed by atoms with Crippen LogP contribution in [0.5, 0.6) is 0 Å². The molecule has 1 spiro atoms. The SMILES string of the molecule is Cc1cc(C(=O)N2CCC3(CCNC3)CC2)c2cc(Br)ccc2n1.Cl.Cl. The van der Waals surface area contributed by atoms with E-state index in [9.17, 15) is 4.79 Å². The lowest BCUT2D eigenvalue weighted by atomic mass is 9.77. The van der Waals surface area contributed by atoms with E-state index in [0.717, 1.165) is 65.7 Å². The molecule has 2 saturated heterocycles. The molecule has 1 N–H and O–H groups in total. The van der Waals surface area contributed by atoms with Crippen molar-refractivity contribution in [3.8, 4) is 0 Å². The molecule has 2 aromatic rings. The molecule has 2 aliphatic rings. The van der Waals surface area contributed by atoms with Gasteiger partial charge in [-0.15, -0.1) is 24.8 Å². The number of rotatable bonds is 1. The molecule has 142 valence electrons. The number of benzene rings is 1. The summed E-state index contributed by atoms with van der Waals surface area (Å²) in [5, 5.41) is 4.41. The lowest BCUT2D eigenvalue weighted by Gasteiger charge is -2.39. The number of likely N-dealkylation sites (tertiary alicyclic amines) is 1. The monoisotopic (exact) mass is 459 g/mol. The number of nitrogens with one attached hydrogen (secondary N) is 1. The number of fused-ring (bicyclic) bond motifs is 1. The fourth-order valence-electron chi connectivity index (χ4n) is 4.08. The number of aromatic nitrogens is 1. The van der Waals surface area contributed by atoms with E-state index in [-0.39, 0.29) is 30.7 Å². The second-order valence-electron chi connectivity index (χ2n) is 7.19. The number of carbonyl (C=O) groups excluding carboxylic acids is 1. The van der Waals surface area contributed by atoms with Crippen LogP contribution in [0, 0.1) is 12.3 Å². The van der Waals surface area contributed by atoms with Crippen molar-refractivity contribution in [3.63, 3.8) is 0 Å². The molecular formula is C19H24BrCl2N3O. The highest BCUT2D eigenvalue weighted by Crippen LogP contribution is 2.37. The zero-order valence-electron chi connectivity index (χ0n) is 14.8. The standard InChI is InChI=1S/C19H22BrN3O.2ClH/c1-13-10-16(15-11-14(20)2-3-17(15)22-13)18(24)23-8-5-19(6-9-23)4-7-21-12-19;;/h2-3,10-11,21H,4-9,12H2,1H3;2*1H. The number of halogens is 3. The van der Waals surface area contributed by atoms with Crippen LogP contribution in [0.1, 0.15) is 35.3 Å². The summed E-state index contributed by atoms with van der Waals surface area (Å²) in [4.78, 5) is 19.7. The minimum atomic E-state index is 0. The van der Waals surface area contributed by atoms with Gasteiger partial charge in [0.15, 0.2) is 0 Å². The first-order valence-corrected chi connectivity index (χ1v) is 9.43. The highest BCUT2D eigenvalue weighted by molar-refractivity contribution is 9.10. The van der Waals surface area contributed by atoms with Crippen molar-refractivity contribution in [1.29, 1.82) is 0 Å². The molecule has 4 nitrogen and oxygen atoms in total. The van der Waals surface area contributed by atoms with Gasteiger partial charge in [0.2, 0.25) is 0 Å². The molecule has 26 heavy (non-hydrogen) atoms. The van der Waals surface area contributed by atoms with Crippen LogP contribution in [0.3, 0.4) is 0 Å². The van der Waals surface area contributed by atoms with Crippen molar-refractivity contribution in [2.45, 2.75) is 26.2 Å². The molecule has 2 fully saturated rings. The van der Waals surface area contributed by atoms with Gasteiger partial charge in [0.25, 0.3) is 5.91 Å². The van der Waals surface area contributed by atoms with Gasteiger partial charge >= 0.3 is 0 Å². The number of pyridine rings is 1. The molecule has 7 heteroatoms. The average molecular weight is 461 g/mol. The molecule has 0 atom stereocenters. The largest absolute Gasteiger partial charge is 0.339 e. The van der Waals surface area contributed by atoms with Crippen molar-refractivity contribution in [1.82, 2.24) is 15.2 Å². The summed E-state index contributed by atoms with van der Waals surface area (Å²) in [6.07, 6.45) is 3.47. The van der Waals surface area contributed by atoms with Gasteiger partial charge in [-0.2, -0.15) is 0 Å². The Hall–Kier alpha value is -0.880. The van der Waals surface area contributed by atoms with Crippen molar-refractivity contribution >= 4 is 57.6 Å². The van der Waals surface area contributed by atoms with Crippen LogP contribution in [0.25, 0.3) is 10.9 Å². The summed E-state index contributed by atoms with van der Waals surface area (Å²) >= 11 is 3.51. The Bertz CT molecular complexity index is 799. The molecule has 0 radical (unpaired) electrons. The van der Waals surface area contributed by atoms with E-state index < -0.39 is 0 Å². The Kier molecular flexibility index (Phi) is 6.94. The molecule has 0 unspecified atom stereocenters. The number of aryl methyl sites for hydroxylation is 1. The van der Waals surface area contributed by atoms with Gasteiger partial charge in [-0.25, -0.2) is 0 Å². The van der Waals surface area contributed by atoms with E-state index in [2.05, 4.69) is 26.2 Å². The fraction of sp³-hybridized carbons (Fsp3) is 0.474. The zero-order valence-corrected chi connectivity index (χ0v) is 18.0. The number of carbonyl (C=O) groups is 1. The van der Waals surface area contributed by atoms with Crippen molar-refractivity contribution < 1.29 is 4.79 Å². The van der Waals surface area contributed by atoms with E-state index in [1.54, 1.807) is 0 Å². The first-order chi connectivity index (χ1) is 11.6. The first-order valence-electron chi connectivity index (χ1n) is 8.63. The molecule has 1 aromatic carbocycles. The molecule has 4 rings (SSSR count). The van der Waals surface area contributed by atoms with E-state index in [1.165, 1.54) is 6.42 Å². The highest BCUT2D eigenvalue weighted by atomic mass is 79.9. The van der Waals surface area contributed by atoms with Gasteiger partial charge < -0.3 is 10.2 Å². The molecule has 0 saturated carbocycles. The topological polar surface area (TPSA) is 45.2 Å². The van der Waals surface area contributed by atoms with Gasteiger partial charge in [0.1, 0.15) is 0 Å². The van der Waals surface area contributed by atoms with Crippen LogP contribution in [-0.4, -0.2) is 42.0 Å². The van der Waals surface area contributed by atoms with Gasteiger partial charge in [0, 0.05) is 35.2 Å². The van der Waals surface area contributed by atoms with E-state index >= 15 is 0 Å². The zero-order chi connectivity index (χ0) is 16.7. The molecule has 1 aromatic heterocycles. The molecule has 1 amide bonds. The van der Waals surface area contributed by atoms with Gasteiger partial charge in [0.05, 0.1) is 11.1 Å². The maximum atomic E-state index is 13.1. The first kappa shape index (κ1) is 21.4. The lowest BCUT2D eigenvalue weighted by molar-refractivity contribution is 0.0609. The lowest BCUT2D eigenvalue weighted by Crippen LogP contribution is -2.44. The van der Waals surface area contributed by atoms with E-state index in [1.807, 2.05) is 36.1 Å². The Balaban J connectivity index is 0.00000121. The Labute approximate surface area is 175 Å².